The predicted octanol–water partition coefficient (Wildman–Crippen LogP) is -0.251. The normalized spacial score (nSPS) is 18.6. The van der Waals surface area contributed by atoms with Crippen molar-refractivity contribution in [3.63, 3.8) is 0 Å². The van der Waals surface area contributed by atoms with Crippen LogP contribution in [0.15, 0.2) is 15.7 Å². The smallest absolute Gasteiger partial charge is 0.0923 e. The van der Waals surface area contributed by atoms with Crippen LogP contribution in [0.3, 0.4) is 0 Å². The van der Waals surface area contributed by atoms with Crippen LogP contribution in [0, 0.1) is 0 Å². The van der Waals surface area contributed by atoms with Crippen molar-refractivity contribution < 1.29 is 28.6 Å². The number of allylic oxidation sites excluding steroid dienone is 2. The standard InChI is InChI=1S/C10H18ClN2.HI/c1-13(2,3)12-8-9-6-4-5-7-10(9)11;/h8H,4-7H2,1-3H3;1H/q+1;/p-1/b12-8+;. The predicted molar refractivity (Wildman–Crippen MR) is 57.9 cm³/mol. The Morgan fingerprint density at radius 1 is 1.21 bits per heavy atom. The van der Waals surface area contributed by atoms with Crippen molar-refractivity contribution in [3.05, 3.63) is 10.6 Å². The summed E-state index contributed by atoms with van der Waals surface area (Å²) < 4.78 is 0.605. The van der Waals surface area contributed by atoms with Crippen molar-refractivity contribution in [3.8, 4) is 0 Å². The van der Waals surface area contributed by atoms with Gasteiger partial charge < -0.3 is 24.0 Å². The van der Waals surface area contributed by atoms with E-state index in [1.165, 1.54) is 18.4 Å². The second-order valence-corrected chi connectivity index (χ2v) is 4.78. The summed E-state index contributed by atoms with van der Waals surface area (Å²) >= 11 is 6.09. The van der Waals surface area contributed by atoms with Gasteiger partial charge in [0.25, 0.3) is 0 Å². The second-order valence-electron chi connectivity index (χ2n) is 4.32. The number of hydrogen-bond acceptors (Lipinski definition) is 1. The zero-order chi connectivity index (χ0) is 9.90. The summed E-state index contributed by atoms with van der Waals surface area (Å²) in [5.41, 5.74) is 1.22. The molecule has 1 aliphatic carbocycles. The van der Waals surface area contributed by atoms with Gasteiger partial charge in [0.1, 0.15) is 0 Å². The molecular weight excluding hydrogens is 310 g/mol. The van der Waals surface area contributed by atoms with E-state index in [4.69, 9.17) is 11.6 Å². The van der Waals surface area contributed by atoms with Gasteiger partial charge in [-0.1, -0.05) is 16.7 Å². The number of rotatable bonds is 2. The van der Waals surface area contributed by atoms with E-state index in [9.17, 15) is 0 Å². The van der Waals surface area contributed by atoms with E-state index >= 15 is 0 Å². The first-order valence-corrected chi connectivity index (χ1v) is 5.11. The maximum absolute atomic E-state index is 6.09. The maximum Gasteiger partial charge on any atom is 0.0923 e. The molecule has 0 aromatic rings. The summed E-state index contributed by atoms with van der Waals surface area (Å²) in [4.78, 5) is 0. The molecule has 0 atom stereocenters. The average Bonchev–Trinajstić information content (AvgIpc) is 2.01. The highest BCUT2D eigenvalue weighted by Crippen LogP contribution is 2.26. The summed E-state index contributed by atoms with van der Waals surface area (Å²) in [5.74, 6) is 0. The molecule has 0 bridgehead atoms. The number of quaternary nitrogens is 1. The monoisotopic (exact) mass is 328 g/mol. The molecule has 0 unspecified atom stereocenters. The van der Waals surface area contributed by atoms with Crippen molar-refractivity contribution in [2.45, 2.75) is 25.7 Å². The molecule has 4 heteroatoms. The zero-order valence-corrected chi connectivity index (χ0v) is 12.0. The van der Waals surface area contributed by atoms with E-state index < -0.39 is 0 Å². The lowest BCUT2D eigenvalue weighted by molar-refractivity contribution is -0.876. The lowest BCUT2D eigenvalue weighted by Gasteiger charge is -2.16. The van der Waals surface area contributed by atoms with Crippen LogP contribution in [0.25, 0.3) is 0 Å². The Labute approximate surface area is 109 Å². The van der Waals surface area contributed by atoms with Gasteiger partial charge in [0.15, 0.2) is 0 Å². The molecule has 1 rings (SSSR count). The Morgan fingerprint density at radius 2 is 1.79 bits per heavy atom. The van der Waals surface area contributed by atoms with Crippen LogP contribution in [0.4, 0.5) is 0 Å². The van der Waals surface area contributed by atoms with Crippen molar-refractivity contribution >= 4 is 17.8 Å². The Hall–Kier alpha value is 0.390. The highest BCUT2D eigenvalue weighted by molar-refractivity contribution is 6.31. The summed E-state index contributed by atoms with van der Waals surface area (Å²) in [6.45, 7) is 0. The van der Waals surface area contributed by atoms with Crippen molar-refractivity contribution in [2.24, 2.45) is 5.10 Å². The molecule has 0 fully saturated rings. The minimum atomic E-state index is 0. The molecule has 0 heterocycles. The largest absolute Gasteiger partial charge is 1.00 e. The maximum atomic E-state index is 6.09. The molecule has 14 heavy (non-hydrogen) atoms. The van der Waals surface area contributed by atoms with E-state index in [1.807, 2.05) is 27.4 Å². The summed E-state index contributed by atoms with van der Waals surface area (Å²) in [6.07, 6.45) is 6.51. The molecule has 2 nitrogen and oxygen atoms in total. The Bertz CT molecular complexity index is 241. The lowest BCUT2D eigenvalue weighted by Crippen LogP contribution is -3.00. The molecule has 82 valence electrons. The fraction of sp³-hybridized carbons (Fsp3) is 0.700. The first-order chi connectivity index (χ1) is 5.99. The minimum Gasteiger partial charge on any atom is -1.00 e. The number of halogens is 2. The van der Waals surface area contributed by atoms with Gasteiger partial charge in [-0.15, -0.1) is 0 Å². The Morgan fingerprint density at radius 3 is 2.29 bits per heavy atom. The highest BCUT2D eigenvalue weighted by Gasteiger charge is 2.10. The fourth-order valence-corrected chi connectivity index (χ4v) is 1.55. The first-order valence-electron chi connectivity index (χ1n) is 4.73. The third-order valence-electron chi connectivity index (χ3n) is 2.00. The van der Waals surface area contributed by atoms with Crippen molar-refractivity contribution in [1.82, 2.24) is 0 Å². The van der Waals surface area contributed by atoms with Gasteiger partial charge in [0, 0.05) is 5.03 Å². The van der Waals surface area contributed by atoms with Crippen LogP contribution < -0.4 is 24.0 Å². The fourth-order valence-electron chi connectivity index (χ4n) is 1.27. The van der Waals surface area contributed by atoms with E-state index in [2.05, 4.69) is 5.10 Å². The molecule has 0 saturated heterocycles. The summed E-state index contributed by atoms with van der Waals surface area (Å²) in [5, 5.41) is 5.40. The number of hydrogen-bond donors (Lipinski definition) is 0. The Kier molecular flexibility index (Phi) is 6.25. The van der Waals surface area contributed by atoms with Gasteiger partial charge in [0.05, 0.1) is 27.4 Å². The average molecular weight is 329 g/mol. The van der Waals surface area contributed by atoms with Gasteiger partial charge in [-0.25, -0.2) is 4.59 Å². The van der Waals surface area contributed by atoms with Crippen molar-refractivity contribution in [1.29, 1.82) is 0 Å². The molecule has 1 aliphatic rings. The number of nitrogens with zero attached hydrogens (tertiary/aromatic N) is 2. The lowest BCUT2D eigenvalue weighted by atomic mass is 10.0. The molecule has 0 amide bonds. The third-order valence-corrected chi connectivity index (χ3v) is 2.43. The minimum absolute atomic E-state index is 0. The molecular formula is C10H18ClIN2. The molecule has 0 saturated carbocycles. The van der Waals surface area contributed by atoms with Gasteiger partial charge in [0.2, 0.25) is 0 Å². The second kappa shape index (κ2) is 6.08. The topological polar surface area (TPSA) is 12.4 Å². The molecule has 0 aliphatic heterocycles. The quantitative estimate of drug-likeness (QED) is 0.287. The molecule has 0 N–H and O–H groups in total. The van der Waals surface area contributed by atoms with Crippen molar-refractivity contribution in [2.75, 3.05) is 21.1 Å². The van der Waals surface area contributed by atoms with Crippen LogP contribution in [-0.2, 0) is 0 Å². The zero-order valence-electron chi connectivity index (χ0n) is 9.06. The van der Waals surface area contributed by atoms with Crippen LogP contribution in [0.5, 0.6) is 0 Å². The Balaban J connectivity index is 0.00000169. The van der Waals surface area contributed by atoms with E-state index in [0.717, 1.165) is 17.9 Å². The van der Waals surface area contributed by atoms with Crippen LogP contribution in [0.2, 0.25) is 0 Å². The van der Waals surface area contributed by atoms with Gasteiger partial charge in [-0.2, -0.15) is 0 Å². The van der Waals surface area contributed by atoms with Gasteiger partial charge in [-0.05, 0) is 31.3 Å². The van der Waals surface area contributed by atoms with Gasteiger partial charge >= 0.3 is 0 Å². The SMILES string of the molecule is C[N+](C)(C)/N=C/C1=C(Cl)CCCC1.[I-]. The summed E-state index contributed by atoms with van der Waals surface area (Å²) in [6, 6.07) is 0. The summed E-state index contributed by atoms with van der Waals surface area (Å²) in [7, 11) is 6.11. The molecule has 0 aromatic heterocycles. The van der Waals surface area contributed by atoms with Crippen LogP contribution in [0.1, 0.15) is 25.7 Å². The first kappa shape index (κ1) is 14.4. The van der Waals surface area contributed by atoms with E-state index in [0.29, 0.717) is 4.59 Å². The van der Waals surface area contributed by atoms with E-state index in [1.54, 1.807) is 0 Å². The van der Waals surface area contributed by atoms with Crippen LogP contribution >= 0.6 is 11.6 Å². The molecule has 0 aromatic carbocycles. The van der Waals surface area contributed by atoms with Crippen LogP contribution in [-0.4, -0.2) is 31.9 Å². The highest BCUT2D eigenvalue weighted by atomic mass is 127. The van der Waals surface area contributed by atoms with E-state index in [-0.39, 0.29) is 24.0 Å². The molecule has 0 radical (unpaired) electrons. The molecule has 0 spiro atoms. The third kappa shape index (κ3) is 5.32. The van der Waals surface area contributed by atoms with Gasteiger partial charge in [-0.3, -0.25) is 0 Å².